The Balaban J connectivity index is 1.97. The van der Waals surface area contributed by atoms with Crippen LogP contribution in [0, 0.1) is 0 Å². The summed E-state index contributed by atoms with van der Waals surface area (Å²) in [7, 11) is 4.56. The van der Waals surface area contributed by atoms with Crippen molar-refractivity contribution >= 4 is 50.2 Å². The van der Waals surface area contributed by atoms with Gasteiger partial charge in [-0.2, -0.15) is 0 Å². The normalized spacial score (nSPS) is 12.5. The van der Waals surface area contributed by atoms with Crippen LogP contribution < -0.4 is 10.1 Å². The van der Waals surface area contributed by atoms with E-state index in [0.717, 1.165) is 10.1 Å². The fraction of sp³-hybridized carbons (Fsp3) is 0.455. The first kappa shape index (κ1) is 23.5. The summed E-state index contributed by atoms with van der Waals surface area (Å²) >= 11 is 1.31. The van der Waals surface area contributed by atoms with Gasteiger partial charge in [0.15, 0.2) is 0 Å². The molecule has 0 aliphatic heterocycles. The fourth-order valence-corrected chi connectivity index (χ4v) is 4.15. The van der Waals surface area contributed by atoms with Gasteiger partial charge in [-0.05, 0) is 39.8 Å². The minimum absolute atomic E-state index is 0.216. The summed E-state index contributed by atoms with van der Waals surface area (Å²) in [5, 5.41) is 4.11. The SMILES string of the molecule is COC(=O)c1sc2ccc3nc(OC)cnc3c2c1NC[C@@H](C)N(C)C(=O)OC(C)(C)C. The molecule has 1 atom stereocenters. The number of aromatic nitrogens is 2. The third-order valence-corrected chi connectivity index (χ3v) is 5.97. The number of hydrogen-bond donors (Lipinski definition) is 1. The molecule has 0 saturated carbocycles. The van der Waals surface area contributed by atoms with Gasteiger partial charge in [-0.15, -0.1) is 11.3 Å². The Morgan fingerprint density at radius 2 is 1.97 bits per heavy atom. The number of nitrogens with zero attached hydrogens (tertiary/aromatic N) is 3. The van der Waals surface area contributed by atoms with E-state index in [1.54, 1.807) is 13.2 Å². The molecule has 1 amide bonds. The highest BCUT2D eigenvalue weighted by Gasteiger charge is 2.25. The van der Waals surface area contributed by atoms with E-state index in [1.165, 1.54) is 30.5 Å². The van der Waals surface area contributed by atoms with Crippen molar-refractivity contribution < 1.29 is 23.8 Å². The first-order chi connectivity index (χ1) is 15.1. The monoisotopic (exact) mass is 460 g/mol. The minimum Gasteiger partial charge on any atom is -0.480 e. The topological polar surface area (TPSA) is 103 Å². The van der Waals surface area contributed by atoms with E-state index in [9.17, 15) is 9.59 Å². The molecule has 9 nitrogen and oxygen atoms in total. The Hall–Kier alpha value is -3.14. The van der Waals surface area contributed by atoms with E-state index in [4.69, 9.17) is 14.2 Å². The number of anilines is 1. The second-order valence-corrected chi connectivity index (χ2v) is 9.39. The maximum atomic E-state index is 12.5. The molecule has 3 aromatic rings. The summed E-state index contributed by atoms with van der Waals surface area (Å²) in [4.78, 5) is 35.8. The smallest absolute Gasteiger partial charge is 0.410 e. The Bertz CT molecular complexity index is 1150. The maximum Gasteiger partial charge on any atom is 0.410 e. The van der Waals surface area contributed by atoms with Crippen LogP contribution in [0.2, 0.25) is 0 Å². The number of ether oxygens (including phenoxy) is 3. The zero-order chi connectivity index (χ0) is 23.6. The molecule has 0 aliphatic rings. The van der Waals surface area contributed by atoms with Crippen LogP contribution in [-0.2, 0) is 9.47 Å². The molecule has 0 radical (unpaired) electrons. The average Bonchev–Trinajstić information content (AvgIpc) is 3.13. The number of methoxy groups -OCH3 is 2. The zero-order valence-corrected chi connectivity index (χ0v) is 20.1. The van der Waals surface area contributed by atoms with Crippen LogP contribution in [0.5, 0.6) is 5.88 Å². The van der Waals surface area contributed by atoms with Crippen molar-refractivity contribution in [1.29, 1.82) is 0 Å². The summed E-state index contributed by atoms with van der Waals surface area (Å²) in [6.07, 6.45) is 1.12. The molecule has 1 aromatic carbocycles. The molecule has 0 unspecified atom stereocenters. The lowest BCUT2D eigenvalue weighted by Gasteiger charge is -2.29. The van der Waals surface area contributed by atoms with Crippen LogP contribution >= 0.6 is 11.3 Å². The third kappa shape index (κ3) is 4.85. The lowest BCUT2D eigenvalue weighted by Crippen LogP contribution is -2.42. The first-order valence-electron chi connectivity index (χ1n) is 10.1. The molecule has 2 heterocycles. The fourth-order valence-electron chi connectivity index (χ4n) is 3.06. The number of hydrogen-bond acceptors (Lipinski definition) is 9. The molecule has 1 N–H and O–H groups in total. The van der Waals surface area contributed by atoms with Gasteiger partial charge in [-0.25, -0.2) is 19.6 Å². The number of rotatable bonds is 6. The Morgan fingerprint density at radius 3 is 2.59 bits per heavy atom. The highest BCUT2D eigenvalue weighted by Crippen LogP contribution is 2.40. The third-order valence-electron chi connectivity index (χ3n) is 4.84. The molecule has 0 spiro atoms. The molecule has 2 aromatic heterocycles. The van der Waals surface area contributed by atoms with Gasteiger partial charge in [0.1, 0.15) is 10.5 Å². The molecule has 3 rings (SSSR count). The summed E-state index contributed by atoms with van der Waals surface area (Å²) in [6.45, 7) is 7.74. The van der Waals surface area contributed by atoms with Gasteiger partial charge in [0.25, 0.3) is 0 Å². The predicted molar refractivity (Wildman–Crippen MR) is 125 cm³/mol. The summed E-state index contributed by atoms with van der Waals surface area (Å²) < 4.78 is 16.5. The van der Waals surface area contributed by atoms with Crippen LogP contribution in [0.15, 0.2) is 18.3 Å². The number of thiophene rings is 1. The molecule has 0 bridgehead atoms. The summed E-state index contributed by atoms with van der Waals surface area (Å²) in [6, 6.07) is 3.52. The summed E-state index contributed by atoms with van der Waals surface area (Å²) in [5.41, 5.74) is 1.31. The van der Waals surface area contributed by atoms with Crippen molar-refractivity contribution in [3.63, 3.8) is 0 Å². The molecular weight excluding hydrogens is 432 g/mol. The second-order valence-electron chi connectivity index (χ2n) is 8.34. The lowest BCUT2D eigenvalue weighted by atomic mass is 10.1. The minimum atomic E-state index is -0.585. The second kappa shape index (κ2) is 9.15. The Labute approximate surface area is 190 Å². The number of esters is 1. The molecule has 172 valence electrons. The van der Waals surface area contributed by atoms with Crippen molar-refractivity contribution in [1.82, 2.24) is 14.9 Å². The van der Waals surface area contributed by atoms with Crippen LogP contribution in [0.25, 0.3) is 21.1 Å². The van der Waals surface area contributed by atoms with Gasteiger partial charge in [0.2, 0.25) is 5.88 Å². The van der Waals surface area contributed by atoms with E-state index in [1.807, 2.05) is 39.8 Å². The number of likely N-dealkylation sites (N-methyl/N-ethyl adjacent to an activating group) is 1. The predicted octanol–water partition coefficient (Wildman–Crippen LogP) is 4.31. The van der Waals surface area contributed by atoms with E-state index in [0.29, 0.717) is 34.0 Å². The van der Waals surface area contributed by atoms with Gasteiger partial charge in [0, 0.05) is 29.7 Å². The molecule has 0 fully saturated rings. The summed E-state index contributed by atoms with van der Waals surface area (Å²) in [5.74, 6) is -0.0427. The maximum absolute atomic E-state index is 12.5. The Kier molecular flexibility index (Phi) is 6.73. The van der Waals surface area contributed by atoms with Crippen LogP contribution in [0.1, 0.15) is 37.4 Å². The highest BCUT2D eigenvalue weighted by atomic mass is 32.1. The van der Waals surface area contributed by atoms with E-state index in [2.05, 4.69) is 15.3 Å². The molecule has 10 heteroatoms. The van der Waals surface area contributed by atoms with Gasteiger partial charge in [-0.3, -0.25) is 0 Å². The van der Waals surface area contributed by atoms with Crippen molar-refractivity contribution in [2.24, 2.45) is 0 Å². The highest BCUT2D eigenvalue weighted by molar-refractivity contribution is 7.21. The Morgan fingerprint density at radius 1 is 1.25 bits per heavy atom. The van der Waals surface area contributed by atoms with Crippen molar-refractivity contribution in [3.8, 4) is 5.88 Å². The average molecular weight is 461 g/mol. The quantitative estimate of drug-likeness (QED) is 0.543. The lowest BCUT2D eigenvalue weighted by molar-refractivity contribution is 0.0244. The molecular formula is C22H28N4O5S. The van der Waals surface area contributed by atoms with E-state index in [-0.39, 0.29) is 6.04 Å². The van der Waals surface area contributed by atoms with Gasteiger partial charge < -0.3 is 24.4 Å². The van der Waals surface area contributed by atoms with Crippen LogP contribution in [-0.4, -0.2) is 66.4 Å². The van der Waals surface area contributed by atoms with E-state index < -0.39 is 17.7 Å². The van der Waals surface area contributed by atoms with Crippen molar-refractivity contribution in [3.05, 3.63) is 23.2 Å². The number of amides is 1. The molecule has 32 heavy (non-hydrogen) atoms. The van der Waals surface area contributed by atoms with Crippen LogP contribution in [0.4, 0.5) is 10.5 Å². The van der Waals surface area contributed by atoms with Crippen molar-refractivity contribution in [2.45, 2.75) is 39.3 Å². The number of nitrogens with one attached hydrogen (secondary N) is 1. The zero-order valence-electron chi connectivity index (χ0n) is 19.3. The number of benzene rings is 1. The van der Waals surface area contributed by atoms with Gasteiger partial charge in [-0.1, -0.05) is 0 Å². The standard InChI is InChI=1S/C22H28N4O5S/c1-12(26(5)21(28)31-22(2,3)4)10-23-18-16-14(32-19(18)20(27)30-7)9-8-13-17(16)24-11-15(25-13)29-6/h8-9,11-12,23H,10H2,1-7H3/t12-/m1/s1. The van der Waals surface area contributed by atoms with Gasteiger partial charge in [0.05, 0.1) is 37.1 Å². The number of carbonyl (C=O) groups is 2. The molecule has 0 aliphatic carbocycles. The van der Waals surface area contributed by atoms with Crippen LogP contribution in [0.3, 0.4) is 0 Å². The number of carbonyl (C=O) groups excluding carboxylic acids is 2. The van der Waals surface area contributed by atoms with Gasteiger partial charge >= 0.3 is 12.1 Å². The first-order valence-corrected chi connectivity index (χ1v) is 10.9. The van der Waals surface area contributed by atoms with Crippen molar-refractivity contribution in [2.75, 3.05) is 33.1 Å². The number of fused-ring (bicyclic) bond motifs is 3. The largest absolute Gasteiger partial charge is 0.480 e. The van der Waals surface area contributed by atoms with E-state index >= 15 is 0 Å². The molecule has 0 saturated heterocycles.